The molecular formula is C27H43N3O4. The maximum absolute atomic E-state index is 13.6. The van der Waals surface area contributed by atoms with Crippen molar-refractivity contribution in [1.82, 2.24) is 10.3 Å². The van der Waals surface area contributed by atoms with Crippen LogP contribution in [-0.2, 0) is 14.3 Å². The van der Waals surface area contributed by atoms with E-state index in [-0.39, 0.29) is 17.7 Å². The van der Waals surface area contributed by atoms with Gasteiger partial charge in [-0.05, 0) is 55.6 Å². The molecule has 1 amide bonds. The lowest BCUT2D eigenvalue weighted by Crippen LogP contribution is -2.56. The SMILES string of the molecule is CCOC[C@H](CCC(=O)[C@@H]1CNC[C@H](C(=O)N(c2ccc(C(C)C)cn2)C2CC2)[C@@H]1O)C(C)C. The molecule has 2 aliphatic rings. The summed E-state index contributed by atoms with van der Waals surface area (Å²) in [5, 5.41) is 14.4. The molecule has 1 aromatic rings. The fraction of sp³-hybridized carbons (Fsp3) is 0.741. The van der Waals surface area contributed by atoms with Gasteiger partial charge in [0.2, 0.25) is 5.91 Å². The second-order valence-electron chi connectivity index (χ2n) is 10.6. The van der Waals surface area contributed by atoms with Crippen LogP contribution < -0.4 is 10.2 Å². The highest BCUT2D eigenvalue weighted by Crippen LogP contribution is 2.34. The average Bonchev–Trinajstić information content (AvgIpc) is 3.64. The van der Waals surface area contributed by atoms with Gasteiger partial charge in [-0.2, -0.15) is 0 Å². The number of rotatable bonds is 12. The third-order valence-corrected chi connectivity index (χ3v) is 7.36. The van der Waals surface area contributed by atoms with Crippen molar-refractivity contribution in [3.63, 3.8) is 0 Å². The van der Waals surface area contributed by atoms with Gasteiger partial charge in [0.05, 0.1) is 17.9 Å². The maximum atomic E-state index is 13.6. The molecule has 2 heterocycles. The van der Waals surface area contributed by atoms with Gasteiger partial charge < -0.3 is 15.2 Å². The number of Topliss-reactive ketones (excluding diaryl/α,β-unsaturated/α-hetero) is 1. The van der Waals surface area contributed by atoms with Crippen LogP contribution in [0.3, 0.4) is 0 Å². The molecule has 1 saturated heterocycles. The van der Waals surface area contributed by atoms with Crippen LogP contribution in [0.1, 0.15) is 71.8 Å². The zero-order chi connectivity index (χ0) is 24.8. The number of nitrogens with zero attached hydrogens (tertiary/aromatic N) is 2. The number of pyridine rings is 1. The van der Waals surface area contributed by atoms with Gasteiger partial charge in [-0.3, -0.25) is 14.5 Å². The first-order chi connectivity index (χ1) is 16.2. The van der Waals surface area contributed by atoms with Crippen LogP contribution in [0.15, 0.2) is 18.3 Å². The second-order valence-corrected chi connectivity index (χ2v) is 10.6. The summed E-state index contributed by atoms with van der Waals surface area (Å²) < 4.78 is 5.59. The van der Waals surface area contributed by atoms with Gasteiger partial charge in [0.1, 0.15) is 11.6 Å². The molecule has 1 aliphatic heterocycles. The van der Waals surface area contributed by atoms with Gasteiger partial charge in [-0.25, -0.2) is 4.98 Å². The molecule has 3 rings (SSSR count). The van der Waals surface area contributed by atoms with Crippen LogP contribution in [0, 0.1) is 23.7 Å². The number of aliphatic hydroxyl groups is 1. The average molecular weight is 474 g/mol. The van der Waals surface area contributed by atoms with Crippen molar-refractivity contribution in [2.45, 2.75) is 78.4 Å². The van der Waals surface area contributed by atoms with Gasteiger partial charge in [-0.15, -0.1) is 0 Å². The number of aliphatic hydroxyl groups excluding tert-OH is 1. The number of ketones is 1. The lowest BCUT2D eigenvalue weighted by molar-refractivity contribution is -0.135. The summed E-state index contributed by atoms with van der Waals surface area (Å²) in [4.78, 5) is 33.0. The third-order valence-electron chi connectivity index (χ3n) is 7.36. The number of nitrogens with one attached hydrogen (secondary N) is 1. The number of carbonyl (C=O) groups is 2. The van der Waals surface area contributed by atoms with Gasteiger partial charge in [0.15, 0.2) is 0 Å². The fourth-order valence-corrected chi connectivity index (χ4v) is 4.72. The Morgan fingerprint density at radius 3 is 2.44 bits per heavy atom. The Kier molecular flexibility index (Phi) is 9.63. The van der Waals surface area contributed by atoms with E-state index in [9.17, 15) is 14.7 Å². The van der Waals surface area contributed by atoms with Crippen molar-refractivity contribution < 1.29 is 19.4 Å². The molecule has 34 heavy (non-hydrogen) atoms. The molecule has 0 spiro atoms. The highest BCUT2D eigenvalue weighted by molar-refractivity contribution is 5.96. The molecule has 1 aromatic heterocycles. The Labute approximate surface area is 204 Å². The van der Waals surface area contributed by atoms with Crippen molar-refractivity contribution in [2.24, 2.45) is 23.7 Å². The summed E-state index contributed by atoms with van der Waals surface area (Å²) in [5.41, 5.74) is 1.13. The summed E-state index contributed by atoms with van der Waals surface area (Å²) in [5.74, 6) is 0.391. The number of hydrogen-bond acceptors (Lipinski definition) is 6. The van der Waals surface area contributed by atoms with E-state index in [1.165, 1.54) is 0 Å². The van der Waals surface area contributed by atoms with Crippen molar-refractivity contribution in [3.05, 3.63) is 23.9 Å². The number of piperidine rings is 1. The number of amides is 1. The summed E-state index contributed by atoms with van der Waals surface area (Å²) in [7, 11) is 0. The zero-order valence-electron chi connectivity index (χ0n) is 21.5. The van der Waals surface area contributed by atoms with Crippen LogP contribution in [0.5, 0.6) is 0 Å². The third kappa shape index (κ3) is 6.64. The number of anilines is 1. The second kappa shape index (κ2) is 12.2. The number of aromatic nitrogens is 1. The quantitative estimate of drug-likeness (QED) is 0.482. The van der Waals surface area contributed by atoms with Crippen LogP contribution >= 0.6 is 0 Å². The zero-order valence-corrected chi connectivity index (χ0v) is 21.5. The molecule has 0 bridgehead atoms. The lowest BCUT2D eigenvalue weighted by Gasteiger charge is -2.36. The maximum Gasteiger partial charge on any atom is 0.235 e. The Hall–Kier alpha value is -1.83. The molecule has 0 radical (unpaired) electrons. The number of carbonyl (C=O) groups excluding carboxylic acids is 2. The molecule has 2 fully saturated rings. The first-order valence-corrected chi connectivity index (χ1v) is 13.0. The summed E-state index contributed by atoms with van der Waals surface area (Å²) in [6.45, 7) is 12.6. The minimum Gasteiger partial charge on any atom is -0.391 e. The summed E-state index contributed by atoms with van der Waals surface area (Å²) >= 11 is 0. The first-order valence-electron chi connectivity index (χ1n) is 13.0. The minimum absolute atomic E-state index is 0.0250. The molecule has 190 valence electrons. The van der Waals surface area contributed by atoms with Crippen molar-refractivity contribution in [3.8, 4) is 0 Å². The van der Waals surface area contributed by atoms with Crippen molar-refractivity contribution in [1.29, 1.82) is 0 Å². The largest absolute Gasteiger partial charge is 0.391 e. The Morgan fingerprint density at radius 1 is 1.18 bits per heavy atom. The highest BCUT2D eigenvalue weighted by Gasteiger charge is 2.45. The van der Waals surface area contributed by atoms with Gasteiger partial charge in [-0.1, -0.05) is 33.8 Å². The monoisotopic (exact) mass is 473 g/mol. The van der Waals surface area contributed by atoms with Gasteiger partial charge >= 0.3 is 0 Å². The molecule has 4 atom stereocenters. The van der Waals surface area contributed by atoms with E-state index in [0.717, 1.165) is 24.8 Å². The van der Waals surface area contributed by atoms with Crippen molar-refractivity contribution in [2.75, 3.05) is 31.2 Å². The normalized spacial score (nSPS) is 23.8. The van der Waals surface area contributed by atoms with E-state index in [1.807, 2.05) is 25.3 Å². The predicted molar refractivity (Wildman–Crippen MR) is 134 cm³/mol. The number of ether oxygens (including phenoxy) is 1. The van der Waals surface area contributed by atoms with Gasteiger partial charge in [0, 0.05) is 45.0 Å². The standard InChI is InChI=1S/C27H43N3O4/c1-6-34-16-20(18(4)5)7-11-24(31)22-14-28-15-23(26(22)32)27(33)30(21-9-10-21)25-12-8-19(13-29-25)17(2)3/h8,12-13,17-18,20-23,26,28,32H,6-7,9-11,14-16H2,1-5H3/t20-,22-,23-,26+/m0/s1. The molecule has 2 N–H and O–H groups in total. The molecule has 0 unspecified atom stereocenters. The first kappa shape index (κ1) is 26.8. The molecule has 7 heteroatoms. The summed E-state index contributed by atoms with van der Waals surface area (Å²) in [6, 6.07) is 4.05. The van der Waals surface area contributed by atoms with E-state index in [1.54, 1.807) is 4.90 Å². The Bertz CT molecular complexity index is 807. The smallest absolute Gasteiger partial charge is 0.235 e. The van der Waals surface area contributed by atoms with Crippen LogP contribution in [0.2, 0.25) is 0 Å². The molecule has 1 aliphatic carbocycles. The Balaban J connectivity index is 1.67. The van der Waals surface area contributed by atoms with Crippen LogP contribution in [0.25, 0.3) is 0 Å². The Morgan fingerprint density at radius 2 is 1.88 bits per heavy atom. The molecule has 1 saturated carbocycles. The highest BCUT2D eigenvalue weighted by atomic mass is 16.5. The fourth-order valence-electron chi connectivity index (χ4n) is 4.72. The topological polar surface area (TPSA) is 91.8 Å². The number of hydrogen-bond donors (Lipinski definition) is 2. The molecule has 0 aromatic carbocycles. The van der Waals surface area contributed by atoms with E-state index < -0.39 is 17.9 Å². The predicted octanol–water partition coefficient (Wildman–Crippen LogP) is 3.55. The minimum atomic E-state index is -0.984. The van der Waals surface area contributed by atoms with E-state index >= 15 is 0 Å². The van der Waals surface area contributed by atoms with Crippen LogP contribution in [-0.4, -0.2) is 60.2 Å². The molecule has 7 nitrogen and oxygen atoms in total. The van der Waals surface area contributed by atoms with Crippen molar-refractivity contribution >= 4 is 17.5 Å². The lowest BCUT2D eigenvalue weighted by atomic mass is 9.81. The van der Waals surface area contributed by atoms with Gasteiger partial charge in [0.25, 0.3) is 0 Å². The van der Waals surface area contributed by atoms with Crippen LogP contribution in [0.4, 0.5) is 5.82 Å². The van der Waals surface area contributed by atoms with E-state index in [0.29, 0.717) is 56.3 Å². The molecular weight excluding hydrogens is 430 g/mol. The summed E-state index contributed by atoms with van der Waals surface area (Å²) in [6.07, 6.45) is 3.85. The van der Waals surface area contributed by atoms with E-state index in [2.05, 4.69) is 38.0 Å². The van der Waals surface area contributed by atoms with E-state index in [4.69, 9.17) is 4.74 Å².